The van der Waals surface area contributed by atoms with E-state index in [2.05, 4.69) is 11.6 Å². The summed E-state index contributed by atoms with van der Waals surface area (Å²) in [5, 5.41) is 0. The van der Waals surface area contributed by atoms with Crippen molar-refractivity contribution in [1.82, 2.24) is 4.98 Å². The van der Waals surface area contributed by atoms with Crippen molar-refractivity contribution in [1.29, 1.82) is 0 Å². The van der Waals surface area contributed by atoms with Crippen LogP contribution in [0.25, 0.3) is 5.57 Å². The normalized spacial score (nSPS) is 17.7. The Bertz CT molecular complexity index is 1060. The number of nitrogens with zero attached hydrogens (tertiary/aromatic N) is 3. The van der Waals surface area contributed by atoms with Crippen LogP contribution in [0.2, 0.25) is 0 Å². The zero-order valence-corrected chi connectivity index (χ0v) is 14.1. The van der Waals surface area contributed by atoms with Crippen molar-refractivity contribution < 1.29 is 13.2 Å². The quantitative estimate of drug-likeness (QED) is 0.548. The Hall–Kier alpha value is -3.28. The van der Waals surface area contributed by atoms with Gasteiger partial charge in [-0.05, 0) is 29.8 Å². The Labute approximate surface area is 154 Å². The lowest BCUT2D eigenvalue weighted by Crippen LogP contribution is -2.35. The van der Waals surface area contributed by atoms with E-state index in [1.54, 1.807) is 17.0 Å². The second-order valence-corrected chi connectivity index (χ2v) is 6.52. The average molecular weight is 365 g/mol. The Morgan fingerprint density at radius 2 is 1.59 bits per heavy atom. The summed E-state index contributed by atoms with van der Waals surface area (Å²) in [6.07, 6.45) is -3.74. The van der Waals surface area contributed by atoms with Gasteiger partial charge in [0.2, 0.25) is 0 Å². The summed E-state index contributed by atoms with van der Waals surface area (Å²) in [7, 11) is 0. The number of hydrogen-bond acceptors (Lipinski definition) is 3. The molecular weight excluding hydrogens is 351 g/mol. The number of para-hydroxylation sites is 2. The van der Waals surface area contributed by atoms with Gasteiger partial charge in [0.05, 0.1) is 16.9 Å². The molecule has 2 aliphatic heterocycles. The highest BCUT2D eigenvalue weighted by Gasteiger charge is 2.50. The van der Waals surface area contributed by atoms with E-state index in [0.29, 0.717) is 11.5 Å². The molecule has 3 aromatic rings. The molecule has 0 aliphatic carbocycles. The molecule has 2 aromatic carbocycles. The first-order valence-electron chi connectivity index (χ1n) is 8.46. The predicted octanol–water partition coefficient (Wildman–Crippen LogP) is 5.74. The van der Waals surface area contributed by atoms with Crippen LogP contribution in [0.3, 0.4) is 0 Å². The van der Waals surface area contributed by atoms with Crippen molar-refractivity contribution in [3.63, 3.8) is 0 Å². The lowest BCUT2D eigenvalue weighted by molar-refractivity contribution is -0.137. The molecular formula is C21H14F3N3. The summed E-state index contributed by atoms with van der Waals surface area (Å²) < 4.78 is 41.4. The molecule has 0 radical (unpaired) electrons. The Morgan fingerprint density at radius 1 is 0.889 bits per heavy atom. The first kappa shape index (κ1) is 15.9. The van der Waals surface area contributed by atoms with Gasteiger partial charge in [-0.1, -0.05) is 43.0 Å². The minimum absolute atomic E-state index is 0.0665. The molecule has 0 saturated heterocycles. The number of pyridine rings is 1. The number of aromatic nitrogens is 1. The monoisotopic (exact) mass is 365 g/mol. The van der Waals surface area contributed by atoms with Gasteiger partial charge in [-0.25, -0.2) is 4.98 Å². The molecule has 1 aromatic heterocycles. The number of hydrogen-bond donors (Lipinski definition) is 0. The predicted molar refractivity (Wildman–Crippen MR) is 99.2 cm³/mol. The van der Waals surface area contributed by atoms with E-state index in [1.807, 2.05) is 47.4 Å². The van der Waals surface area contributed by atoms with Crippen LogP contribution in [0, 0.1) is 0 Å². The summed E-state index contributed by atoms with van der Waals surface area (Å²) >= 11 is 0. The van der Waals surface area contributed by atoms with Crippen LogP contribution in [-0.2, 0) is 6.18 Å². The second-order valence-electron chi connectivity index (χ2n) is 6.52. The lowest BCUT2D eigenvalue weighted by Gasteiger charge is -2.29. The third kappa shape index (κ3) is 2.13. The summed E-state index contributed by atoms with van der Waals surface area (Å²) in [4.78, 5) is 7.86. The van der Waals surface area contributed by atoms with Crippen molar-refractivity contribution in [2.24, 2.45) is 0 Å². The van der Waals surface area contributed by atoms with Crippen molar-refractivity contribution in [3.8, 4) is 0 Å². The lowest BCUT2D eigenvalue weighted by atomic mass is 10.1. The van der Waals surface area contributed by atoms with Crippen LogP contribution in [-0.4, -0.2) is 11.1 Å². The maximum atomic E-state index is 13.8. The Kier molecular flexibility index (Phi) is 3.16. The topological polar surface area (TPSA) is 19.4 Å². The Balaban J connectivity index is 1.83. The third-order valence-corrected chi connectivity index (χ3v) is 5.02. The molecule has 134 valence electrons. The minimum Gasteiger partial charge on any atom is -0.312 e. The highest BCUT2D eigenvalue weighted by Crippen LogP contribution is 2.57. The largest absolute Gasteiger partial charge is 0.418 e. The molecule has 0 spiro atoms. The molecule has 0 N–H and O–H groups in total. The molecule has 27 heavy (non-hydrogen) atoms. The first-order valence-corrected chi connectivity index (χ1v) is 8.46. The molecule has 1 atom stereocenters. The fourth-order valence-corrected chi connectivity index (χ4v) is 3.95. The zero-order chi connectivity index (χ0) is 18.8. The van der Waals surface area contributed by atoms with Gasteiger partial charge < -0.3 is 4.90 Å². The molecule has 0 saturated carbocycles. The Morgan fingerprint density at radius 3 is 2.33 bits per heavy atom. The molecule has 1 unspecified atom stereocenters. The number of rotatable bonds is 1. The average Bonchev–Trinajstić information content (AvgIpc) is 3.15. The molecule has 0 amide bonds. The van der Waals surface area contributed by atoms with Gasteiger partial charge in [0.25, 0.3) is 0 Å². The van der Waals surface area contributed by atoms with Crippen LogP contribution in [0.15, 0.2) is 73.4 Å². The van der Waals surface area contributed by atoms with Crippen LogP contribution >= 0.6 is 0 Å². The van der Waals surface area contributed by atoms with Crippen molar-refractivity contribution in [2.75, 3.05) is 9.80 Å². The van der Waals surface area contributed by atoms with E-state index in [0.717, 1.165) is 22.9 Å². The van der Waals surface area contributed by atoms with Crippen LogP contribution in [0.5, 0.6) is 0 Å². The summed E-state index contributed by atoms with van der Waals surface area (Å²) in [6, 6.07) is 17.7. The number of anilines is 4. The zero-order valence-electron chi connectivity index (χ0n) is 14.1. The molecule has 3 heterocycles. The summed E-state index contributed by atoms with van der Waals surface area (Å²) in [6.45, 7) is 4.20. The van der Waals surface area contributed by atoms with E-state index in [9.17, 15) is 13.2 Å². The maximum Gasteiger partial charge on any atom is 0.418 e. The molecule has 2 aliphatic rings. The van der Waals surface area contributed by atoms with E-state index < -0.39 is 17.9 Å². The van der Waals surface area contributed by atoms with E-state index in [4.69, 9.17) is 0 Å². The van der Waals surface area contributed by atoms with Crippen LogP contribution in [0.4, 0.5) is 36.1 Å². The van der Waals surface area contributed by atoms with Gasteiger partial charge in [0.15, 0.2) is 5.82 Å². The smallest absolute Gasteiger partial charge is 0.312 e. The summed E-state index contributed by atoms with van der Waals surface area (Å²) in [5.41, 5.74) is 2.53. The molecule has 3 nitrogen and oxygen atoms in total. The number of benzene rings is 2. The molecule has 0 fully saturated rings. The maximum absolute atomic E-state index is 13.8. The van der Waals surface area contributed by atoms with Crippen molar-refractivity contribution in [2.45, 2.75) is 12.3 Å². The van der Waals surface area contributed by atoms with Gasteiger partial charge in [-0.2, -0.15) is 13.2 Å². The molecule has 0 bridgehead atoms. The minimum atomic E-state index is -4.49. The van der Waals surface area contributed by atoms with Gasteiger partial charge in [0, 0.05) is 17.4 Å². The van der Waals surface area contributed by atoms with Crippen molar-refractivity contribution in [3.05, 3.63) is 84.6 Å². The number of fused-ring (bicyclic) bond motifs is 5. The second kappa shape index (κ2) is 5.36. The number of halogens is 3. The highest BCUT2D eigenvalue weighted by atomic mass is 19.4. The fourth-order valence-electron chi connectivity index (χ4n) is 3.95. The molecule has 6 heteroatoms. The first-order chi connectivity index (χ1) is 13.0. The van der Waals surface area contributed by atoms with Gasteiger partial charge >= 0.3 is 6.18 Å². The summed E-state index contributed by atoms with van der Waals surface area (Å²) in [5.74, 6) is 0.296. The van der Waals surface area contributed by atoms with Crippen LogP contribution in [0.1, 0.15) is 11.1 Å². The van der Waals surface area contributed by atoms with Crippen molar-refractivity contribution >= 4 is 28.5 Å². The fraction of sp³-hybridized carbons (Fsp3) is 0.0952. The third-order valence-electron chi connectivity index (χ3n) is 5.02. The van der Waals surface area contributed by atoms with E-state index >= 15 is 0 Å². The van der Waals surface area contributed by atoms with E-state index in [1.165, 1.54) is 6.20 Å². The SMILES string of the molecule is C=C1c2ccccc2N2c3nccc(C(F)(F)F)c3N(c3ccccc3)C12. The van der Waals surface area contributed by atoms with Crippen LogP contribution < -0.4 is 9.80 Å². The van der Waals surface area contributed by atoms with Gasteiger partial charge in [-0.3, -0.25) is 4.90 Å². The van der Waals surface area contributed by atoms with Gasteiger partial charge in [0.1, 0.15) is 6.17 Å². The van der Waals surface area contributed by atoms with E-state index in [-0.39, 0.29) is 5.69 Å². The molecule has 5 rings (SSSR count). The van der Waals surface area contributed by atoms with Gasteiger partial charge in [-0.15, -0.1) is 0 Å². The number of alkyl halides is 3. The standard InChI is InChI=1S/C21H14F3N3/c1-13-15-9-5-6-10-17(15)27-19-18(16(11-12-25-19)21(22,23)24)26(20(13)27)14-7-3-2-4-8-14/h2-12,20H,1H2. The highest BCUT2D eigenvalue weighted by molar-refractivity contribution is 6.01.